The molecule has 7 heteroatoms. The first kappa shape index (κ1) is 20.7. The van der Waals surface area contributed by atoms with Crippen LogP contribution < -0.4 is 9.47 Å². The van der Waals surface area contributed by atoms with E-state index in [2.05, 4.69) is 0 Å². The Labute approximate surface area is 179 Å². The minimum atomic E-state index is -1.47. The molecule has 2 aliphatic heterocycles. The van der Waals surface area contributed by atoms with Gasteiger partial charge in [0, 0.05) is 23.2 Å². The number of aliphatic carboxylic acids is 1. The number of amides is 1. The highest BCUT2D eigenvalue weighted by molar-refractivity contribution is 6.22. The SMILES string of the molecule is COc1cc2c(cc1OC)C1=C(C(=O)c3ccccc3)C(C)(CC(=O)O)C(=O)N1CC2. The van der Waals surface area contributed by atoms with Crippen molar-refractivity contribution < 1.29 is 29.0 Å². The minimum absolute atomic E-state index is 0.208. The maximum atomic E-state index is 13.6. The zero-order valence-corrected chi connectivity index (χ0v) is 17.6. The van der Waals surface area contributed by atoms with Crippen LogP contribution in [0.1, 0.15) is 34.8 Å². The van der Waals surface area contributed by atoms with Gasteiger partial charge in [0.05, 0.1) is 31.8 Å². The summed E-state index contributed by atoms with van der Waals surface area (Å²) in [5.41, 5.74) is 1.20. The molecular weight excluding hydrogens is 398 g/mol. The van der Waals surface area contributed by atoms with Gasteiger partial charge < -0.3 is 19.5 Å². The van der Waals surface area contributed by atoms with Crippen molar-refractivity contribution in [2.24, 2.45) is 5.41 Å². The highest BCUT2D eigenvalue weighted by atomic mass is 16.5. The number of carbonyl (C=O) groups is 3. The van der Waals surface area contributed by atoms with Gasteiger partial charge in [-0.3, -0.25) is 14.4 Å². The Hall–Kier alpha value is -3.61. The van der Waals surface area contributed by atoms with Gasteiger partial charge in [0.1, 0.15) is 0 Å². The van der Waals surface area contributed by atoms with Crippen LogP contribution in [0, 0.1) is 5.41 Å². The lowest BCUT2D eigenvalue weighted by atomic mass is 9.76. The summed E-state index contributed by atoms with van der Waals surface area (Å²) < 4.78 is 10.9. The first-order valence-electron chi connectivity index (χ1n) is 9.95. The molecule has 2 heterocycles. The summed E-state index contributed by atoms with van der Waals surface area (Å²) in [6.07, 6.45) is 0.0866. The Kier molecular flexibility index (Phi) is 5.05. The molecule has 2 aliphatic rings. The van der Waals surface area contributed by atoms with Gasteiger partial charge in [0.15, 0.2) is 17.3 Å². The van der Waals surface area contributed by atoms with Crippen LogP contribution in [-0.2, 0) is 16.0 Å². The number of benzene rings is 2. The molecule has 7 nitrogen and oxygen atoms in total. The highest BCUT2D eigenvalue weighted by Gasteiger charge is 2.54. The molecule has 0 radical (unpaired) electrons. The topological polar surface area (TPSA) is 93.1 Å². The van der Waals surface area contributed by atoms with Crippen LogP contribution in [0.15, 0.2) is 48.0 Å². The first-order valence-corrected chi connectivity index (χ1v) is 9.95. The molecule has 0 spiro atoms. The molecule has 2 aromatic carbocycles. The molecule has 160 valence electrons. The summed E-state index contributed by atoms with van der Waals surface area (Å²) >= 11 is 0. The van der Waals surface area contributed by atoms with E-state index >= 15 is 0 Å². The normalized spacial score (nSPS) is 19.7. The lowest BCUT2D eigenvalue weighted by Crippen LogP contribution is -2.39. The Balaban J connectivity index is 2.01. The van der Waals surface area contributed by atoms with Gasteiger partial charge in [-0.1, -0.05) is 30.3 Å². The molecule has 1 amide bonds. The number of carboxylic acids is 1. The van der Waals surface area contributed by atoms with Crippen molar-refractivity contribution in [1.82, 2.24) is 4.90 Å². The summed E-state index contributed by atoms with van der Waals surface area (Å²) in [5, 5.41) is 9.57. The van der Waals surface area contributed by atoms with E-state index in [1.165, 1.54) is 7.11 Å². The zero-order chi connectivity index (χ0) is 22.3. The van der Waals surface area contributed by atoms with E-state index in [9.17, 15) is 19.5 Å². The summed E-state index contributed by atoms with van der Waals surface area (Å²) in [4.78, 5) is 40.3. The number of rotatable bonds is 6. The Morgan fingerprint density at radius 3 is 2.35 bits per heavy atom. The van der Waals surface area contributed by atoms with Crippen LogP contribution in [-0.4, -0.2) is 48.4 Å². The van der Waals surface area contributed by atoms with Crippen molar-refractivity contribution >= 4 is 23.4 Å². The number of Topliss-reactive ketones (excluding diaryl/α,β-unsaturated/α-hetero) is 1. The molecule has 0 saturated carbocycles. The highest BCUT2D eigenvalue weighted by Crippen LogP contribution is 2.51. The van der Waals surface area contributed by atoms with Gasteiger partial charge in [-0.25, -0.2) is 0 Å². The van der Waals surface area contributed by atoms with Gasteiger partial charge in [-0.05, 0) is 31.0 Å². The van der Waals surface area contributed by atoms with Crippen molar-refractivity contribution in [1.29, 1.82) is 0 Å². The third-order valence-electron chi connectivity index (χ3n) is 6.01. The van der Waals surface area contributed by atoms with Gasteiger partial charge in [-0.15, -0.1) is 0 Å². The summed E-state index contributed by atoms with van der Waals surface area (Å²) in [5.74, 6) is -0.824. The van der Waals surface area contributed by atoms with E-state index in [1.807, 2.05) is 6.07 Å². The van der Waals surface area contributed by atoms with E-state index in [4.69, 9.17) is 9.47 Å². The quantitative estimate of drug-likeness (QED) is 0.720. The fourth-order valence-electron chi connectivity index (χ4n) is 4.54. The lowest BCUT2D eigenvalue weighted by Gasteiger charge is -2.29. The van der Waals surface area contributed by atoms with E-state index in [0.29, 0.717) is 41.3 Å². The molecule has 1 unspecified atom stereocenters. The fraction of sp³-hybridized carbons (Fsp3) is 0.292. The average molecular weight is 421 g/mol. The summed E-state index contributed by atoms with van der Waals surface area (Å²) in [7, 11) is 3.07. The van der Waals surface area contributed by atoms with Crippen molar-refractivity contribution in [3.63, 3.8) is 0 Å². The van der Waals surface area contributed by atoms with Gasteiger partial charge in [0.2, 0.25) is 5.91 Å². The molecule has 31 heavy (non-hydrogen) atoms. The first-order chi connectivity index (χ1) is 14.8. The average Bonchev–Trinajstić information content (AvgIpc) is 2.99. The largest absolute Gasteiger partial charge is 0.493 e. The van der Waals surface area contributed by atoms with Crippen molar-refractivity contribution in [3.8, 4) is 11.5 Å². The van der Waals surface area contributed by atoms with E-state index in [1.54, 1.807) is 55.3 Å². The molecule has 0 fully saturated rings. The number of hydrogen-bond donors (Lipinski definition) is 1. The zero-order valence-electron chi connectivity index (χ0n) is 17.6. The molecule has 0 saturated heterocycles. The molecule has 4 rings (SSSR count). The third kappa shape index (κ3) is 3.17. The second-order valence-electron chi connectivity index (χ2n) is 7.89. The van der Waals surface area contributed by atoms with E-state index in [0.717, 1.165) is 5.56 Å². The van der Waals surface area contributed by atoms with Crippen LogP contribution in [0.4, 0.5) is 0 Å². The minimum Gasteiger partial charge on any atom is -0.493 e. The van der Waals surface area contributed by atoms with Crippen LogP contribution in [0.5, 0.6) is 11.5 Å². The Morgan fingerprint density at radius 1 is 1.10 bits per heavy atom. The second kappa shape index (κ2) is 7.58. The third-order valence-corrected chi connectivity index (χ3v) is 6.01. The maximum Gasteiger partial charge on any atom is 0.304 e. The number of methoxy groups -OCH3 is 2. The molecule has 1 N–H and O–H groups in total. The summed E-state index contributed by atoms with van der Waals surface area (Å²) in [6, 6.07) is 12.2. The van der Waals surface area contributed by atoms with E-state index in [-0.39, 0.29) is 17.3 Å². The van der Waals surface area contributed by atoms with Crippen molar-refractivity contribution in [2.45, 2.75) is 19.8 Å². The predicted octanol–water partition coefficient (Wildman–Crippen LogP) is 3.18. The van der Waals surface area contributed by atoms with Gasteiger partial charge in [0.25, 0.3) is 0 Å². The fourth-order valence-corrected chi connectivity index (χ4v) is 4.54. The van der Waals surface area contributed by atoms with Crippen LogP contribution in [0.3, 0.4) is 0 Å². The number of carboxylic acid groups (broad SMARTS) is 1. The molecule has 0 aliphatic carbocycles. The standard InChI is InChI=1S/C24H23NO6/c1-24(13-19(26)27)20(22(28)14-7-5-4-6-8-14)21-16-12-18(31-3)17(30-2)11-15(16)9-10-25(21)23(24)29/h4-8,11-12H,9-10,13H2,1-3H3,(H,26,27). The lowest BCUT2D eigenvalue weighted by molar-refractivity contribution is -0.145. The number of hydrogen-bond acceptors (Lipinski definition) is 5. The summed E-state index contributed by atoms with van der Waals surface area (Å²) in [6.45, 7) is 1.91. The number of ketones is 1. The van der Waals surface area contributed by atoms with Crippen molar-refractivity contribution in [3.05, 3.63) is 64.7 Å². The molecule has 2 aromatic rings. The number of carbonyl (C=O) groups excluding carboxylic acids is 2. The Bertz CT molecular complexity index is 1120. The number of nitrogens with zero attached hydrogens (tertiary/aromatic N) is 1. The monoisotopic (exact) mass is 421 g/mol. The Morgan fingerprint density at radius 2 is 1.74 bits per heavy atom. The van der Waals surface area contributed by atoms with Crippen LogP contribution >= 0.6 is 0 Å². The van der Waals surface area contributed by atoms with Crippen LogP contribution in [0.25, 0.3) is 5.70 Å². The molecule has 0 bridgehead atoms. The van der Waals surface area contributed by atoms with Crippen LogP contribution in [0.2, 0.25) is 0 Å². The number of ether oxygens (including phenoxy) is 2. The van der Waals surface area contributed by atoms with Crippen molar-refractivity contribution in [2.75, 3.05) is 20.8 Å². The van der Waals surface area contributed by atoms with Gasteiger partial charge in [-0.2, -0.15) is 0 Å². The molecular formula is C24H23NO6. The second-order valence-corrected chi connectivity index (χ2v) is 7.89. The maximum absolute atomic E-state index is 13.6. The molecule has 1 atom stereocenters. The number of fused-ring (bicyclic) bond motifs is 3. The smallest absolute Gasteiger partial charge is 0.304 e. The van der Waals surface area contributed by atoms with Gasteiger partial charge >= 0.3 is 5.97 Å². The predicted molar refractivity (Wildman–Crippen MR) is 113 cm³/mol. The van der Waals surface area contributed by atoms with E-state index < -0.39 is 17.8 Å². The molecule has 0 aromatic heterocycles.